The molecule has 4 rings (SSSR count). The molecule has 0 atom stereocenters. The van der Waals surface area contributed by atoms with E-state index >= 15 is 0 Å². The van der Waals surface area contributed by atoms with Gasteiger partial charge in [0.2, 0.25) is 5.91 Å². The fourth-order valence-electron chi connectivity index (χ4n) is 4.97. The first-order valence-electron chi connectivity index (χ1n) is 11.0. The fourth-order valence-corrected chi connectivity index (χ4v) is 4.97. The zero-order valence-corrected chi connectivity index (χ0v) is 18.7. The number of halogens is 1. The van der Waals surface area contributed by atoms with Crippen LogP contribution in [0.2, 0.25) is 0 Å². The lowest BCUT2D eigenvalue weighted by atomic mass is 9.74. The van der Waals surface area contributed by atoms with Crippen molar-refractivity contribution in [2.75, 3.05) is 24.5 Å². The smallest absolute Gasteiger partial charge is 0.227 e. The average molecular weight is 409 g/mol. The van der Waals surface area contributed by atoms with Gasteiger partial charge in [-0.3, -0.25) is 9.69 Å². The highest BCUT2D eigenvalue weighted by atomic mass is 19.1. The highest BCUT2D eigenvalue weighted by Crippen LogP contribution is 2.48. The maximum atomic E-state index is 13.2. The third kappa shape index (κ3) is 4.29. The first-order valence-corrected chi connectivity index (χ1v) is 11.0. The van der Waals surface area contributed by atoms with E-state index in [1.807, 2.05) is 12.1 Å². The van der Waals surface area contributed by atoms with Gasteiger partial charge in [0.15, 0.2) is 0 Å². The van der Waals surface area contributed by atoms with Crippen LogP contribution in [0.5, 0.6) is 0 Å². The SMILES string of the molecule is Cc1ccc2c(c1)C1(CCN(Cc3ccc(F)cc3)CC1)CN2C(=O)CC(C)(C)C. The number of rotatable bonds is 3. The highest BCUT2D eigenvalue weighted by molar-refractivity contribution is 5.96. The predicted molar refractivity (Wildman–Crippen MR) is 120 cm³/mol. The van der Waals surface area contributed by atoms with Crippen LogP contribution in [0.25, 0.3) is 0 Å². The zero-order valence-electron chi connectivity index (χ0n) is 18.7. The van der Waals surface area contributed by atoms with E-state index in [2.05, 4.69) is 55.7 Å². The number of aryl methyl sites for hydroxylation is 1. The molecule has 4 heteroatoms. The molecule has 2 heterocycles. The molecule has 1 fully saturated rings. The van der Waals surface area contributed by atoms with Gasteiger partial charge in [0.25, 0.3) is 0 Å². The van der Waals surface area contributed by atoms with Gasteiger partial charge >= 0.3 is 0 Å². The predicted octanol–water partition coefficient (Wildman–Crippen LogP) is 5.45. The van der Waals surface area contributed by atoms with Gasteiger partial charge in [-0.1, -0.05) is 50.6 Å². The Hall–Kier alpha value is -2.20. The molecule has 2 aliphatic heterocycles. The summed E-state index contributed by atoms with van der Waals surface area (Å²) in [5, 5.41) is 0. The summed E-state index contributed by atoms with van der Waals surface area (Å²) >= 11 is 0. The molecular weight excluding hydrogens is 375 g/mol. The zero-order chi connectivity index (χ0) is 21.5. The number of likely N-dealkylation sites (tertiary alicyclic amines) is 1. The number of anilines is 1. The Balaban J connectivity index is 1.52. The Bertz CT molecular complexity index is 921. The normalized spacial score (nSPS) is 18.6. The van der Waals surface area contributed by atoms with Gasteiger partial charge in [0.05, 0.1) is 0 Å². The molecule has 1 amide bonds. The quantitative estimate of drug-likeness (QED) is 0.674. The summed E-state index contributed by atoms with van der Waals surface area (Å²) < 4.78 is 13.2. The third-order valence-corrected chi connectivity index (χ3v) is 6.59. The molecule has 2 aromatic rings. The summed E-state index contributed by atoms with van der Waals surface area (Å²) in [6.45, 7) is 12.1. The van der Waals surface area contributed by atoms with E-state index in [0.29, 0.717) is 6.42 Å². The molecule has 1 spiro atoms. The highest BCUT2D eigenvalue weighted by Gasteiger charge is 2.46. The van der Waals surface area contributed by atoms with Crippen LogP contribution in [0.4, 0.5) is 10.1 Å². The lowest BCUT2D eigenvalue weighted by Gasteiger charge is -2.40. The number of amides is 1. The average Bonchev–Trinajstić information content (AvgIpc) is 2.98. The summed E-state index contributed by atoms with van der Waals surface area (Å²) in [4.78, 5) is 17.7. The van der Waals surface area contributed by atoms with Gasteiger partial charge in [-0.25, -0.2) is 4.39 Å². The van der Waals surface area contributed by atoms with E-state index in [1.54, 1.807) is 0 Å². The molecule has 160 valence electrons. The lowest BCUT2D eigenvalue weighted by molar-refractivity contribution is -0.120. The molecule has 30 heavy (non-hydrogen) atoms. The minimum Gasteiger partial charge on any atom is -0.311 e. The van der Waals surface area contributed by atoms with E-state index in [1.165, 1.54) is 23.3 Å². The second-order valence-corrected chi connectivity index (χ2v) is 10.4. The molecule has 0 aromatic heterocycles. The summed E-state index contributed by atoms with van der Waals surface area (Å²) in [5.74, 6) is 0.0486. The van der Waals surface area contributed by atoms with Gasteiger partial charge in [-0.05, 0) is 67.6 Å². The van der Waals surface area contributed by atoms with Crippen molar-refractivity contribution >= 4 is 11.6 Å². The summed E-state index contributed by atoms with van der Waals surface area (Å²) in [6, 6.07) is 13.4. The van der Waals surface area contributed by atoms with Crippen molar-refractivity contribution in [1.82, 2.24) is 4.90 Å². The van der Waals surface area contributed by atoms with E-state index in [-0.39, 0.29) is 22.6 Å². The van der Waals surface area contributed by atoms with Crippen molar-refractivity contribution in [3.8, 4) is 0 Å². The Morgan fingerprint density at radius 2 is 1.73 bits per heavy atom. The molecule has 0 aliphatic carbocycles. The molecule has 1 saturated heterocycles. The van der Waals surface area contributed by atoms with Crippen LogP contribution in [0.15, 0.2) is 42.5 Å². The van der Waals surface area contributed by atoms with Crippen LogP contribution in [-0.2, 0) is 16.8 Å². The molecule has 3 nitrogen and oxygen atoms in total. The van der Waals surface area contributed by atoms with Crippen molar-refractivity contribution < 1.29 is 9.18 Å². The topological polar surface area (TPSA) is 23.6 Å². The summed E-state index contributed by atoms with van der Waals surface area (Å²) in [6.07, 6.45) is 2.65. The minimum atomic E-state index is -0.186. The minimum absolute atomic E-state index is 0.0176. The van der Waals surface area contributed by atoms with Crippen molar-refractivity contribution in [1.29, 1.82) is 0 Å². The van der Waals surface area contributed by atoms with Gasteiger partial charge in [0.1, 0.15) is 5.82 Å². The molecular formula is C26H33FN2O. The van der Waals surface area contributed by atoms with E-state index in [0.717, 1.165) is 50.3 Å². The molecule has 2 aliphatic rings. The van der Waals surface area contributed by atoms with Gasteiger partial charge < -0.3 is 4.90 Å². The summed E-state index contributed by atoms with van der Waals surface area (Å²) in [5.41, 5.74) is 4.90. The number of fused-ring (bicyclic) bond motifs is 2. The maximum absolute atomic E-state index is 13.2. The molecule has 2 aromatic carbocycles. The van der Waals surface area contributed by atoms with Crippen molar-refractivity contribution in [3.63, 3.8) is 0 Å². The number of benzene rings is 2. The van der Waals surface area contributed by atoms with Crippen LogP contribution in [0.1, 0.15) is 56.7 Å². The number of hydrogen-bond acceptors (Lipinski definition) is 2. The number of nitrogens with zero attached hydrogens (tertiary/aromatic N) is 2. The van der Waals surface area contributed by atoms with Crippen molar-refractivity contribution in [2.24, 2.45) is 5.41 Å². The maximum Gasteiger partial charge on any atom is 0.227 e. The lowest BCUT2D eigenvalue weighted by Crippen LogP contribution is -2.46. The second kappa shape index (κ2) is 7.81. The molecule has 0 radical (unpaired) electrons. The number of carbonyl (C=O) groups is 1. The van der Waals surface area contributed by atoms with Crippen LogP contribution in [-0.4, -0.2) is 30.4 Å². The molecule has 0 bridgehead atoms. The largest absolute Gasteiger partial charge is 0.311 e. The van der Waals surface area contributed by atoms with Gasteiger partial charge in [-0.2, -0.15) is 0 Å². The van der Waals surface area contributed by atoms with E-state index in [4.69, 9.17) is 0 Å². The van der Waals surface area contributed by atoms with Gasteiger partial charge in [0, 0.05) is 30.6 Å². The second-order valence-electron chi connectivity index (χ2n) is 10.4. The van der Waals surface area contributed by atoms with Crippen LogP contribution in [0.3, 0.4) is 0 Å². The van der Waals surface area contributed by atoms with Crippen LogP contribution < -0.4 is 4.90 Å². The number of piperidine rings is 1. The molecule has 0 unspecified atom stereocenters. The summed E-state index contributed by atoms with van der Waals surface area (Å²) in [7, 11) is 0. The molecule has 0 N–H and O–H groups in total. The first kappa shape index (κ1) is 21.0. The first-order chi connectivity index (χ1) is 14.2. The number of carbonyl (C=O) groups excluding carboxylic acids is 1. The van der Waals surface area contributed by atoms with Gasteiger partial charge in [-0.15, -0.1) is 0 Å². The fraction of sp³-hybridized carbons (Fsp3) is 0.500. The Kier molecular flexibility index (Phi) is 5.48. The van der Waals surface area contributed by atoms with Crippen LogP contribution >= 0.6 is 0 Å². The Morgan fingerprint density at radius 3 is 2.37 bits per heavy atom. The molecule has 0 saturated carbocycles. The third-order valence-electron chi connectivity index (χ3n) is 6.59. The van der Waals surface area contributed by atoms with E-state index in [9.17, 15) is 9.18 Å². The van der Waals surface area contributed by atoms with Crippen LogP contribution in [0, 0.1) is 18.2 Å². The number of hydrogen-bond donors (Lipinski definition) is 0. The monoisotopic (exact) mass is 408 g/mol. The van der Waals surface area contributed by atoms with Crippen molar-refractivity contribution in [3.05, 3.63) is 65.0 Å². The Morgan fingerprint density at radius 1 is 1.07 bits per heavy atom. The standard InChI is InChI=1S/C26H33FN2O/c1-19-5-10-23-22(15-19)26(18-29(23)24(30)16-25(2,3)4)11-13-28(14-12-26)17-20-6-8-21(27)9-7-20/h5-10,15H,11-14,16-18H2,1-4H3. The van der Waals surface area contributed by atoms with E-state index < -0.39 is 0 Å². The van der Waals surface area contributed by atoms with Crippen molar-refractivity contribution in [2.45, 2.75) is 58.9 Å². The Labute approximate surface area is 179 Å².